The zero-order valence-electron chi connectivity index (χ0n) is 34.7. The van der Waals surface area contributed by atoms with E-state index in [0.717, 1.165) is 29.1 Å². The molecule has 4 fully saturated rings. The van der Waals surface area contributed by atoms with Gasteiger partial charge in [-0.3, -0.25) is 0 Å². The highest BCUT2D eigenvalue weighted by atomic mass is 15.1. The Hall–Kier alpha value is -6.18. The molecule has 1 nitrogen and oxygen atoms in total. The molecule has 0 aliphatic heterocycles. The SMILES string of the molecule is CC1(C)c2ccccc2-c2ccc(N(c3ccc(-c4ccccc4)cc3)c3ccc(-c4ccc(C56CC7CC(CC(C7)C5)C6)cc4)cc3-c3ccc4ccccc4c3)cc21. The molecule has 8 aromatic rings. The molecule has 60 heavy (non-hydrogen) atoms. The maximum absolute atomic E-state index is 2.50. The molecular formula is C59H51N. The van der Waals surface area contributed by atoms with Crippen LogP contribution in [-0.2, 0) is 10.8 Å². The zero-order chi connectivity index (χ0) is 40.0. The third-order valence-electron chi connectivity index (χ3n) is 15.2. The van der Waals surface area contributed by atoms with Crippen LogP contribution in [0.25, 0.3) is 55.3 Å². The Morgan fingerprint density at radius 3 is 1.72 bits per heavy atom. The third kappa shape index (κ3) is 5.81. The van der Waals surface area contributed by atoms with Crippen molar-refractivity contribution in [2.45, 2.75) is 63.2 Å². The second kappa shape index (κ2) is 13.7. The summed E-state index contributed by atoms with van der Waals surface area (Å²) in [6.45, 7) is 4.76. The lowest BCUT2D eigenvalue weighted by Crippen LogP contribution is -2.48. The normalized spacial score (nSPS) is 21.8. The van der Waals surface area contributed by atoms with Gasteiger partial charge >= 0.3 is 0 Å². The lowest BCUT2D eigenvalue weighted by molar-refractivity contribution is -0.00518. The summed E-state index contributed by atoms with van der Waals surface area (Å²) in [6, 6.07) is 68.7. The van der Waals surface area contributed by atoms with Crippen LogP contribution in [0.2, 0.25) is 0 Å². The van der Waals surface area contributed by atoms with Crippen molar-refractivity contribution in [3.8, 4) is 44.5 Å². The van der Waals surface area contributed by atoms with Crippen LogP contribution in [0.1, 0.15) is 69.1 Å². The maximum atomic E-state index is 2.50. The summed E-state index contributed by atoms with van der Waals surface area (Å²) in [4.78, 5) is 2.50. The van der Waals surface area contributed by atoms with Gasteiger partial charge in [-0.25, -0.2) is 0 Å². The summed E-state index contributed by atoms with van der Waals surface area (Å²) in [5, 5.41) is 2.51. The van der Waals surface area contributed by atoms with E-state index in [2.05, 4.69) is 201 Å². The Balaban J connectivity index is 1.02. The highest BCUT2D eigenvalue weighted by Crippen LogP contribution is 2.61. The molecule has 4 bridgehead atoms. The van der Waals surface area contributed by atoms with Crippen molar-refractivity contribution in [1.82, 2.24) is 0 Å². The van der Waals surface area contributed by atoms with Gasteiger partial charge in [-0.05, 0) is 171 Å². The van der Waals surface area contributed by atoms with Crippen LogP contribution in [0.5, 0.6) is 0 Å². The predicted octanol–water partition coefficient (Wildman–Crippen LogP) is 16.1. The number of rotatable bonds is 7. The summed E-state index contributed by atoms with van der Waals surface area (Å²) in [5.74, 6) is 2.83. The second-order valence-corrected chi connectivity index (χ2v) is 19.2. The largest absolute Gasteiger partial charge is 0.310 e. The molecule has 0 saturated heterocycles. The van der Waals surface area contributed by atoms with Crippen LogP contribution in [0.3, 0.4) is 0 Å². The number of nitrogens with zero attached hydrogens (tertiary/aromatic N) is 1. The van der Waals surface area contributed by atoms with Gasteiger partial charge in [0, 0.05) is 22.4 Å². The average Bonchev–Trinajstić information content (AvgIpc) is 3.52. The number of fused-ring (bicyclic) bond motifs is 4. The van der Waals surface area contributed by atoms with Gasteiger partial charge in [0.05, 0.1) is 5.69 Å². The molecule has 0 amide bonds. The molecule has 0 atom stereocenters. The smallest absolute Gasteiger partial charge is 0.0540 e. The summed E-state index contributed by atoms with van der Waals surface area (Å²) in [6.07, 6.45) is 8.62. The van der Waals surface area contributed by atoms with Crippen LogP contribution in [0.4, 0.5) is 17.1 Å². The lowest BCUT2D eigenvalue weighted by atomic mass is 9.48. The van der Waals surface area contributed by atoms with Crippen LogP contribution in [-0.4, -0.2) is 0 Å². The van der Waals surface area contributed by atoms with Gasteiger partial charge in [-0.2, -0.15) is 0 Å². The minimum atomic E-state index is -0.113. The van der Waals surface area contributed by atoms with Crippen molar-refractivity contribution in [3.05, 3.63) is 199 Å². The molecule has 1 heteroatoms. The predicted molar refractivity (Wildman–Crippen MR) is 252 cm³/mol. The first kappa shape index (κ1) is 35.7. The fourth-order valence-electron chi connectivity index (χ4n) is 12.7. The van der Waals surface area contributed by atoms with Gasteiger partial charge in [0.1, 0.15) is 0 Å². The van der Waals surface area contributed by atoms with Crippen LogP contribution < -0.4 is 4.90 Å². The molecule has 8 aromatic carbocycles. The molecule has 292 valence electrons. The summed E-state index contributed by atoms with van der Waals surface area (Å²) < 4.78 is 0. The molecular weight excluding hydrogens is 723 g/mol. The Bertz CT molecular complexity index is 2880. The fourth-order valence-corrected chi connectivity index (χ4v) is 12.7. The van der Waals surface area contributed by atoms with Crippen molar-refractivity contribution in [1.29, 1.82) is 0 Å². The van der Waals surface area contributed by atoms with E-state index in [4.69, 9.17) is 0 Å². The van der Waals surface area contributed by atoms with E-state index in [1.54, 1.807) is 5.56 Å². The summed E-state index contributed by atoms with van der Waals surface area (Å²) in [7, 11) is 0. The fraction of sp³-hybridized carbons (Fsp3) is 0.220. The molecule has 5 aliphatic carbocycles. The maximum Gasteiger partial charge on any atom is 0.0540 e. The van der Waals surface area contributed by atoms with Gasteiger partial charge in [-0.1, -0.05) is 153 Å². The van der Waals surface area contributed by atoms with Crippen molar-refractivity contribution >= 4 is 27.8 Å². The van der Waals surface area contributed by atoms with Crippen LogP contribution in [0, 0.1) is 17.8 Å². The van der Waals surface area contributed by atoms with Crippen molar-refractivity contribution in [2.24, 2.45) is 17.8 Å². The Kier molecular flexibility index (Phi) is 8.15. The van der Waals surface area contributed by atoms with E-state index in [1.807, 2.05) is 0 Å². The molecule has 13 rings (SSSR count). The van der Waals surface area contributed by atoms with E-state index in [9.17, 15) is 0 Å². The number of anilines is 3. The number of hydrogen-bond acceptors (Lipinski definition) is 1. The highest BCUT2D eigenvalue weighted by Gasteiger charge is 2.51. The first-order valence-electron chi connectivity index (χ1n) is 22.3. The Morgan fingerprint density at radius 1 is 0.400 bits per heavy atom. The van der Waals surface area contributed by atoms with Crippen molar-refractivity contribution in [3.63, 3.8) is 0 Å². The van der Waals surface area contributed by atoms with Gasteiger partial charge in [-0.15, -0.1) is 0 Å². The summed E-state index contributed by atoms with van der Waals surface area (Å²) >= 11 is 0. The molecule has 0 N–H and O–H groups in total. The highest BCUT2D eigenvalue weighted by molar-refractivity contribution is 5.95. The van der Waals surface area contributed by atoms with E-state index in [-0.39, 0.29) is 5.41 Å². The van der Waals surface area contributed by atoms with Crippen molar-refractivity contribution < 1.29 is 0 Å². The molecule has 4 saturated carbocycles. The van der Waals surface area contributed by atoms with Crippen LogP contribution >= 0.6 is 0 Å². The van der Waals surface area contributed by atoms with E-state index in [0.29, 0.717) is 5.41 Å². The van der Waals surface area contributed by atoms with Gasteiger partial charge in [0.2, 0.25) is 0 Å². The number of benzene rings is 8. The quantitative estimate of drug-likeness (QED) is 0.156. The topological polar surface area (TPSA) is 3.24 Å². The van der Waals surface area contributed by atoms with Gasteiger partial charge in [0.25, 0.3) is 0 Å². The molecule has 0 unspecified atom stereocenters. The first-order chi connectivity index (χ1) is 29.4. The van der Waals surface area contributed by atoms with E-state index >= 15 is 0 Å². The standard InChI is InChI=1S/C59H51N/c1-58(2)55-15-9-8-14-52(55)53-28-27-51(35-56(53)58)60(50-25-20-44(21-26-50)42-10-4-3-5-11-42)57-29-22-47(34-54(57)48-17-16-43-12-6-7-13-46(43)33-48)45-18-23-49(24-19-45)59-36-39-30-40(37-59)32-41(31-39)38-59/h3-29,33-35,39-41H,30-32,36-38H2,1-2H3. The first-order valence-corrected chi connectivity index (χ1v) is 22.3. The lowest BCUT2D eigenvalue weighted by Gasteiger charge is -2.57. The van der Waals surface area contributed by atoms with E-state index in [1.165, 1.54) is 111 Å². The number of hydrogen-bond donors (Lipinski definition) is 0. The summed E-state index contributed by atoms with van der Waals surface area (Å²) in [5.41, 5.74) is 18.2. The molecule has 0 heterocycles. The molecule has 0 spiro atoms. The average molecular weight is 774 g/mol. The third-order valence-corrected chi connectivity index (χ3v) is 15.2. The van der Waals surface area contributed by atoms with Crippen molar-refractivity contribution in [2.75, 3.05) is 4.90 Å². The minimum Gasteiger partial charge on any atom is -0.310 e. The van der Waals surface area contributed by atoms with Crippen LogP contribution in [0.15, 0.2) is 182 Å². The zero-order valence-corrected chi connectivity index (χ0v) is 34.7. The van der Waals surface area contributed by atoms with E-state index < -0.39 is 0 Å². The second-order valence-electron chi connectivity index (χ2n) is 19.2. The van der Waals surface area contributed by atoms with Gasteiger partial charge in [0.15, 0.2) is 0 Å². The Labute approximate surface area is 355 Å². The monoisotopic (exact) mass is 773 g/mol. The van der Waals surface area contributed by atoms with Gasteiger partial charge < -0.3 is 4.90 Å². The molecule has 0 aromatic heterocycles. The minimum absolute atomic E-state index is 0.113. The Morgan fingerprint density at radius 2 is 0.967 bits per heavy atom. The molecule has 0 radical (unpaired) electrons. The molecule has 5 aliphatic rings.